The van der Waals surface area contributed by atoms with Crippen molar-refractivity contribution in [2.75, 3.05) is 5.32 Å². The van der Waals surface area contributed by atoms with Crippen LogP contribution in [-0.4, -0.2) is 27.8 Å². The summed E-state index contributed by atoms with van der Waals surface area (Å²) in [5, 5.41) is 11.4. The van der Waals surface area contributed by atoms with Crippen LogP contribution >= 0.6 is 0 Å². The summed E-state index contributed by atoms with van der Waals surface area (Å²) in [6, 6.07) is 1.61. The molecule has 18 heavy (non-hydrogen) atoms. The standard InChI is InChI=1S/C12H16N2O4/c1-7-5-6-13-9(10(15)16)8(7)14-11(17)18-12(2,3)4/h5-6H,1-4H3,(H,14,17)(H,15,16). The number of nitrogens with one attached hydrogen (secondary N) is 1. The molecule has 0 saturated carbocycles. The molecule has 0 radical (unpaired) electrons. The zero-order chi connectivity index (χ0) is 13.9. The molecule has 0 saturated heterocycles. The van der Waals surface area contributed by atoms with Crippen LogP contribution < -0.4 is 5.32 Å². The maximum atomic E-state index is 11.6. The Balaban J connectivity index is 2.97. The molecule has 0 aliphatic carbocycles. The van der Waals surface area contributed by atoms with Gasteiger partial charge in [-0.05, 0) is 39.3 Å². The molecule has 98 valence electrons. The van der Waals surface area contributed by atoms with Gasteiger partial charge in [0.25, 0.3) is 0 Å². The lowest BCUT2D eigenvalue weighted by atomic mass is 10.2. The van der Waals surface area contributed by atoms with E-state index < -0.39 is 17.7 Å². The van der Waals surface area contributed by atoms with E-state index in [4.69, 9.17) is 9.84 Å². The normalized spacial score (nSPS) is 10.9. The van der Waals surface area contributed by atoms with E-state index in [1.807, 2.05) is 0 Å². The van der Waals surface area contributed by atoms with Crippen molar-refractivity contribution in [2.24, 2.45) is 0 Å². The Kier molecular flexibility index (Phi) is 3.90. The number of carbonyl (C=O) groups excluding carboxylic acids is 1. The highest BCUT2D eigenvalue weighted by Crippen LogP contribution is 2.19. The van der Waals surface area contributed by atoms with E-state index in [1.165, 1.54) is 6.20 Å². The Morgan fingerprint density at radius 1 is 1.39 bits per heavy atom. The van der Waals surface area contributed by atoms with Gasteiger partial charge in [-0.1, -0.05) is 0 Å². The Labute approximate surface area is 105 Å². The van der Waals surface area contributed by atoms with Gasteiger partial charge in [0.1, 0.15) is 5.60 Å². The summed E-state index contributed by atoms with van der Waals surface area (Å²) in [5.74, 6) is -1.20. The van der Waals surface area contributed by atoms with Gasteiger partial charge in [0.2, 0.25) is 0 Å². The molecule has 6 heteroatoms. The predicted octanol–water partition coefficient (Wildman–Crippen LogP) is 2.44. The van der Waals surface area contributed by atoms with Crippen LogP contribution in [0.2, 0.25) is 0 Å². The van der Waals surface area contributed by atoms with Crippen LogP contribution in [0, 0.1) is 6.92 Å². The number of aromatic nitrogens is 1. The van der Waals surface area contributed by atoms with Crippen LogP contribution in [0.4, 0.5) is 10.5 Å². The third kappa shape index (κ3) is 3.73. The summed E-state index contributed by atoms with van der Waals surface area (Å²) in [4.78, 5) is 26.3. The number of pyridine rings is 1. The Morgan fingerprint density at radius 3 is 2.50 bits per heavy atom. The Bertz CT molecular complexity index is 477. The minimum Gasteiger partial charge on any atom is -0.476 e. The minimum absolute atomic E-state index is 0.152. The number of anilines is 1. The topological polar surface area (TPSA) is 88.5 Å². The van der Waals surface area contributed by atoms with Gasteiger partial charge in [-0.15, -0.1) is 0 Å². The second kappa shape index (κ2) is 5.03. The highest BCUT2D eigenvalue weighted by Gasteiger charge is 2.20. The first kappa shape index (κ1) is 14.0. The number of hydrogen-bond donors (Lipinski definition) is 2. The molecule has 0 spiro atoms. The molecule has 0 aliphatic rings. The first-order valence-corrected chi connectivity index (χ1v) is 5.39. The molecular formula is C12H16N2O4. The SMILES string of the molecule is Cc1ccnc(C(=O)O)c1NC(=O)OC(C)(C)C. The molecule has 0 aliphatic heterocycles. The molecule has 6 nitrogen and oxygen atoms in total. The van der Waals surface area contributed by atoms with Crippen molar-refractivity contribution < 1.29 is 19.4 Å². The van der Waals surface area contributed by atoms with Gasteiger partial charge in [-0.25, -0.2) is 14.6 Å². The number of hydrogen-bond acceptors (Lipinski definition) is 4. The number of nitrogens with zero attached hydrogens (tertiary/aromatic N) is 1. The molecule has 1 aromatic rings. The summed E-state index contributed by atoms with van der Waals surface area (Å²) in [5.41, 5.74) is -0.0998. The van der Waals surface area contributed by atoms with Crippen molar-refractivity contribution in [2.45, 2.75) is 33.3 Å². The predicted molar refractivity (Wildman–Crippen MR) is 65.8 cm³/mol. The number of carboxylic acids is 1. The van der Waals surface area contributed by atoms with E-state index in [1.54, 1.807) is 33.8 Å². The van der Waals surface area contributed by atoms with Gasteiger partial charge in [0.15, 0.2) is 5.69 Å². The highest BCUT2D eigenvalue weighted by molar-refractivity contribution is 5.98. The molecule has 1 amide bonds. The lowest BCUT2D eigenvalue weighted by molar-refractivity contribution is 0.0635. The monoisotopic (exact) mass is 252 g/mol. The Morgan fingerprint density at radius 2 is 2.00 bits per heavy atom. The van der Waals surface area contributed by atoms with Crippen molar-refractivity contribution in [3.63, 3.8) is 0 Å². The third-order valence-electron chi connectivity index (χ3n) is 1.99. The minimum atomic E-state index is -1.20. The van der Waals surface area contributed by atoms with E-state index >= 15 is 0 Å². The van der Waals surface area contributed by atoms with Crippen molar-refractivity contribution in [1.29, 1.82) is 0 Å². The van der Waals surface area contributed by atoms with Crippen molar-refractivity contribution in [3.05, 3.63) is 23.5 Å². The summed E-state index contributed by atoms with van der Waals surface area (Å²) in [7, 11) is 0. The van der Waals surface area contributed by atoms with Crippen LogP contribution in [-0.2, 0) is 4.74 Å². The largest absolute Gasteiger partial charge is 0.476 e. The maximum Gasteiger partial charge on any atom is 0.412 e. The van der Waals surface area contributed by atoms with Crippen LogP contribution in [0.3, 0.4) is 0 Å². The number of ether oxygens (including phenoxy) is 1. The lowest BCUT2D eigenvalue weighted by Gasteiger charge is -2.20. The number of amides is 1. The number of aromatic carboxylic acids is 1. The quantitative estimate of drug-likeness (QED) is 0.843. The molecule has 0 unspecified atom stereocenters. The van der Waals surface area contributed by atoms with Crippen molar-refractivity contribution in [1.82, 2.24) is 4.98 Å². The summed E-state index contributed by atoms with van der Waals surface area (Å²) in [6.45, 7) is 6.85. The molecular weight excluding hydrogens is 236 g/mol. The van der Waals surface area contributed by atoms with Crippen molar-refractivity contribution in [3.8, 4) is 0 Å². The summed E-state index contributed by atoms with van der Waals surface area (Å²) in [6.07, 6.45) is 0.667. The van der Waals surface area contributed by atoms with Gasteiger partial charge >= 0.3 is 12.1 Å². The number of aryl methyl sites for hydroxylation is 1. The maximum absolute atomic E-state index is 11.6. The zero-order valence-corrected chi connectivity index (χ0v) is 10.8. The highest BCUT2D eigenvalue weighted by atomic mass is 16.6. The number of carbonyl (C=O) groups is 2. The molecule has 0 aromatic carbocycles. The number of carboxylic acid groups (broad SMARTS) is 1. The van der Waals surface area contributed by atoms with Crippen LogP contribution in [0.1, 0.15) is 36.8 Å². The van der Waals surface area contributed by atoms with Crippen LogP contribution in [0.15, 0.2) is 12.3 Å². The van der Waals surface area contributed by atoms with Gasteiger partial charge in [-0.3, -0.25) is 5.32 Å². The Hall–Kier alpha value is -2.11. The average molecular weight is 252 g/mol. The van der Waals surface area contributed by atoms with Crippen LogP contribution in [0.25, 0.3) is 0 Å². The van der Waals surface area contributed by atoms with Gasteiger partial charge in [0, 0.05) is 6.20 Å². The van der Waals surface area contributed by atoms with Crippen LogP contribution in [0.5, 0.6) is 0 Å². The fraction of sp³-hybridized carbons (Fsp3) is 0.417. The average Bonchev–Trinajstić information content (AvgIpc) is 2.17. The zero-order valence-electron chi connectivity index (χ0n) is 10.8. The molecule has 0 atom stereocenters. The molecule has 1 heterocycles. The third-order valence-corrected chi connectivity index (χ3v) is 1.99. The van der Waals surface area contributed by atoms with E-state index in [2.05, 4.69) is 10.3 Å². The van der Waals surface area contributed by atoms with E-state index in [0.717, 1.165) is 0 Å². The van der Waals surface area contributed by atoms with E-state index in [0.29, 0.717) is 5.56 Å². The van der Waals surface area contributed by atoms with Gasteiger partial charge in [-0.2, -0.15) is 0 Å². The van der Waals surface area contributed by atoms with E-state index in [-0.39, 0.29) is 11.4 Å². The van der Waals surface area contributed by atoms with Crippen molar-refractivity contribution >= 4 is 17.7 Å². The molecule has 1 rings (SSSR count). The fourth-order valence-electron chi connectivity index (χ4n) is 1.28. The van der Waals surface area contributed by atoms with Gasteiger partial charge < -0.3 is 9.84 Å². The van der Waals surface area contributed by atoms with Gasteiger partial charge in [0.05, 0.1) is 5.69 Å². The fourth-order valence-corrected chi connectivity index (χ4v) is 1.28. The summed E-state index contributed by atoms with van der Waals surface area (Å²) >= 11 is 0. The first-order chi connectivity index (χ1) is 8.20. The first-order valence-electron chi connectivity index (χ1n) is 5.39. The molecule has 0 fully saturated rings. The lowest BCUT2D eigenvalue weighted by Crippen LogP contribution is -2.28. The molecule has 0 bridgehead atoms. The number of rotatable bonds is 2. The summed E-state index contributed by atoms with van der Waals surface area (Å²) < 4.78 is 5.06. The van der Waals surface area contributed by atoms with E-state index in [9.17, 15) is 9.59 Å². The smallest absolute Gasteiger partial charge is 0.412 e. The molecule has 1 aromatic heterocycles. The second-order valence-corrected chi connectivity index (χ2v) is 4.78. The molecule has 2 N–H and O–H groups in total. The second-order valence-electron chi connectivity index (χ2n) is 4.78.